The lowest BCUT2D eigenvalue weighted by Crippen LogP contribution is -2.17. The number of aromatic amines is 1. The van der Waals surface area contributed by atoms with Crippen molar-refractivity contribution in [1.29, 1.82) is 0 Å². The molecule has 20 heavy (non-hydrogen) atoms. The topological polar surface area (TPSA) is 37.8 Å². The molecule has 1 heterocycles. The lowest BCUT2D eigenvalue weighted by Gasteiger charge is -2.07. The second kappa shape index (κ2) is 5.00. The van der Waals surface area contributed by atoms with Gasteiger partial charge in [0.1, 0.15) is 0 Å². The highest BCUT2D eigenvalue weighted by molar-refractivity contribution is 5.75. The van der Waals surface area contributed by atoms with Crippen molar-refractivity contribution in [3.63, 3.8) is 0 Å². The standard InChI is InChI=1S/C17H18N2O/c1-12(2)14-9-7-13(8-10-14)11-19-16-6-4-3-5-15(16)18-17(19)20/h3-10,12H,11H2,1-2H3,(H,18,20). The van der Waals surface area contributed by atoms with Crippen LogP contribution in [0.1, 0.15) is 30.9 Å². The molecule has 3 nitrogen and oxygen atoms in total. The summed E-state index contributed by atoms with van der Waals surface area (Å²) in [6, 6.07) is 16.3. The third kappa shape index (κ3) is 2.27. The van der Waals surface area contributed by atoms with E-state index < -0.39 is 0 Å². The van der Waals surface area contributed by atoms with Gasteiger partial charge >= 0.3 is 5.69 Å². The summed E-state index contributed by atoms with van der Waals surface area (Å²) < 4.78 is 1.78. The molecule has 0 radical (unpaired) electrons. The number of H-pyrrole nitrogens is 1. The predicted molar refractivity (Wildman–Crippen MR) is 82.2 cm³/mol. The van der Waals surface area contributed by atoms with Crippen LogP contribution in [0.3, 0.4) is 0 Å². The molecule has 0 bridgehead atoms. The first-order chi connectivity index (χ1) is 9.65. The van der Waals surface area contributed by atoms with E-state index in [0.29, 0.717) is 12.5 Å². The van der Waals surface area contributed by atoms with Gasteiger partial charge in [0.2, 0.25) is 0 Å². The fourth-order valence-electron chi connectivity index (χ4n) is 2.45. The summed E-state index contributed by atoms with van der Waals surface area (Å²) in [6.45, 7) is 4.96. The first kappa shape index (κ1) is 12.7. The second-order valence-corrected chi connectivity index (χ2v) is 5.43. The Morgan fingerprint density at radius 2 is 1.75 bits per heavy atom. The second-order valence-electron chi connectivity index (χ2n) is 5.43. The van der Waals surface area contributed by atoms with Gasteiger partial charge in [-0.2, -0.15) is 0 Å². The van der Waals surface area contributed by atoms with Crippen molar-refractivity contribution >= 4 is 11.0 Å². The van der Waals surface area contributed by atoms with Gasteiger partial charge in [0.25, 0.3) is 0 Å². The van der Waals surface area contributed by atoms with E-state index in [2.05, 4.69) is 43.1 Å². The minimum Gasteiger partial charge on any atom is -0.306 e. The van der Waals surface area contributed by atoms with E-state index in [0.717, 1.165) is 16.6 Å². The van der Waals surface area contributed by atoms with Gasteiger partial charge in [-0.1, -0.05) is 50.2 Å². The molecule has 0 amide bonds. The zero-order valence-corrected chi connectivity index (χ0v) is 11.8. The minimum absolute atomic E-state index is 0.0564. The zero-order chi connectivity index (χ0) is 14.1. The predicted octanol–water partition coefficient (Wildman–Crippen LogP) is 3.50. The summed E-state index contributed by atoms with van der Waals surface area (Å²) in [6.07, 6.45) is 0. The number of nitrogens with one attached hydrogen (secondary N) is 1. The van der Waals surface area contributed by atoms with Gasteiger partial charge in [0.15, 0.2) is 0 Å². The fraction of sp³-hybridized carbons (Fsp3) is 0.235. The first-order valence-electron chi connectivity index (χ1n) is 6.91. The highest BCUT2D eigenvalue weighted by Crippen LogP contribution is 2.16. The lowest BCUT2D eigenvalue weighted by atomic mass is 10.0. The van der Waals surface area contributed by atoms with E-state index in [1.807, 2.05) is 24.3 Å². The molecule has 0 atom stereocenters. The molecular formula is C17H18N2O. The van der Waals surface area contributed by atoms with Crippen LogP contribution >= 0.6 is 0 Å². The number of nitrogens with zero attached hydrogens (tertiary/aromatic N) is 1. The Bertz CT molecular complexity index is 779. The smallest absolute Gasteiger partial charge is 0.306 e. The van der Waals surface area contributed by atoms with E-state index in [1.165, 1.54) is 5.56 Å². The van der Waals surface area contributed by atoms with Gasteiger partial charge < -0.3 is 4.98 Å². The van der Waals surface area contributed by atoms with Crippen LogP contribution in [0, 0.1) is 0 Å². The Morgan fingerprint density at radius 1 is 1.05 bits per heavy atom. The molecule has 3 heteroatoms. The van der Waals surface area contributed by atoms with Crippen LogP contribution < -0.4 is 5.69 Å². The lowest BCUT2D eigenvalue weighted by molar-refractivity contribution is 0.784. The maximum Gasteiger partial charge on any atom is 0.326 e. The molecule has 0 saturated carbocycles. The number of rotatable bonds is 3. The average molecular weight is 266 g/mol. The molecule has 0 spiro atoms. The number of aromatic nitrogens is 2. The first-order valence-corrected chi connectivity index (χ1v) is 6.91. The molecule has 1 N–H and O–H groups in total. The molecule has 0 aliphatic rings. The van der Waals surface area contributed by atoms with Crippen LogP contribution in [0.4, 0.5) is 0 Å². The van der Waals surface area contributed by atoms with Gasteiger partial charge in [0.05, 0.1) is 17.6 Å². The summed E-state index contributed by atoms with van der Waals surface area (Å²) in [5, 5.41) is 0. The molecule has 1 aromatic heterocycles. The van der Waals surface area contributed by atoms with Crippen LogP contribution in [-0.4, -0.2) is 9.55 Å². The van der Waals surface area contributed by atoms with Gasteiger partial charge in [-0.25, -0.2) is 4.79 Å². The summed E-state index contributed by atoms with van der Waals surface area (Å²) in [4.78, 5) is 14.9. The van der Waals surface area contributed by atoms with E-state index in [1.54, 1.807) is 4.57 Å². The Labute approximate surface area is 117 Å². The molecule has 2 aromatic carbocycles. The summed E-state index contributed by atoms with van der Waals surface area (Å²) in [5.41, 5.74) is 4.24. The molecule has 3 aromatic rings. The van der Waals surface area contributed by atoms with E-state index in [-0.39, 0.29) is 5.69 Å². The Kier molecular flexibility index (Phi) is 3.18. The number of fused-ring (bicyclic) bond motifs is 1. The molecule has 0 unspecified atom stereocenters. The average Bonchev–Trinajstić information content (AvgIpc) is 2.76. The normalized spacial score (nSPS) is 11.3. The minimum atomic E-state index is -0.0564. The molecule has 0 aliphatic carbocycles. The highest BCUT2D eigenvalue weighted by atomic mass is 16.1. The molecule has 0 aliphatic heterocycles. The Hall–Kier alpha value is -2.29. The third-order valence-electron chi connectivity index (χ3n) is 3.67. The third-order valence-corrected chi connectivity index (χ3v) is 3.67. The maximum absolute atomic E-state index is 12.0. The Balaban J connectivity index is 1.97. The van der Waals surface area contributed by atoms with E-state index >= 15 is 0 Å². The SMILES string of the molecule is CC(C)c1ccc(Cn2c(=O)[nH]c3ccccc32)cc1. The van der Waals surface area contributed by atoms with Crippen LogP contribution in [0.15, 0.2) is 53.3 Å². The molecule has 102 valence electrons. The molecular weight excluding hydrogens is 248 g/mol. The van der Waals surface area contributed by atoms with Crippen molar-refractivity contribution in [2.24, 2.45) is 0 Å². The van der Waals surface area contributed by atoms with Gasteiger partial charge in [-0.05, 0) is 29.2 Å². The van der Waals surface area contributed by atoms with E-state index in [9.17, 15) is 4.79 Å². The number of hydrogen-bond acceptors (Lipinski definition) is 1. The van der Waals surface area contributed by atoms with Crippen molar-refractivity contribution in [3.05, 3.63) is 70.1 Å². The number of imidazole rings is 1. The number of para-hydroxylation sites is 2. The molecule has 3 rings (SSSR count). The van der Waals surface area contributed by atoms with E-state index in [4.69, 9.17) is 0 Å². The highest BCUT2D eigenvalue weighted by Gasteiger charge is 2.06. The molecule has 0 saturated heterocycles. The van der Waals surface area contributed by atoms with Crippen molar-refractivity contribution in [2.75, 3.05) is 0 Å². The summed E-state index contributed by atoms with van der Waals surface area (Å²) in [5.74, 6) is 0.528. The molecule has 0 fully saturated rings. The number of hydrogen-bond donors (Lipinski definition) is 1. The summed E-state index contributed by atoms with van der Waals surface area (Å²) >= 11 is 0. The van der Waals surface area contributed by atoms with Gasteiger partial charge in [-0.3, -0.25) is 4.57 Å². The zero-order valence-electron chi connectivity index (χ0n) is 11.8. The fourth-order valence-corrected chi connectivity index (χ4v) is 2.45. The number of benzene rings is 2. The van der Waals surface area contributed by atoms with Crippen molar-refractivity contribution in [3.8, 4) is 0 Å². The van der Waals surface area contributed by atoms with Crippen LogP contribution in [0.25, 0.3) is 11.0 Å². The quantitative estimate of drug-likeness (QED) is 0.774. The van der Waals surface area contributed by atoms with Crippen LogP contribution in [0.2, 0.25) is 0 Å². The van der Waals surface area contributed by atoms with Crippen molar-refractivity contribution in [2.45, 2.75) is 26.3 Å². The van der Waals surface area contributed by atoms with Crippen molar-refractivity contribution in [1.82, 2.24) is 9.55 Å². The van der Waals surface area contributed by atoms with Gasteiger partial charge in [-0.15, -0.1) is 0 Å². The van der Waals surface area contributed by atoms with Gasteiger partial charge in [0, 0.05) is 0 Å². The summed E-state index contributed by atoms with van der Waals surface area (Å²) in [7, 11) is 0. The van der Waals surface area contributed by atoms with Crippen LogP contribution in [0.5, 0.6) is 0 Å². The largest absolute Gasteiger partial charge is 0.326 e. The van der Waals surface area contributed by atoms with Crippen LogP contribution in [-0.2, 0) is 6.54 Å². The maximum atomic E-state index is 12.0. The van der Waals surface area contributed by atoms with Crippen molar-refractivity contribution < 1.29 is 0 Å². The Morgan fingerprint density at radius 3 is 2.45 bits per heavy atom. The monoisotopic (exact) mass is 266 g/mol.